The van der Waals surface area contributed by atoms with Gasteiger partial charge in [-0.1, -0.05) is 24.3 Å². The predicted octanol–water partition coefficient (Wildman–Crippen LogP) is 4.33. The Labute approximate surface area is 193 Å². The standard InChI is InChI=1S/C26H20O8/c1-31-19-5-3-4-15(25(19)32-2)16-10-21(29)34-20-11-18(28)23-24(30)17(12-33-26(23)22(16)20)13-6-8-14(27)9-7-13/h3-9,11-12,16,27-28H,10H2,1-2H3/t16-/m0/s1. The van der Waals surface area contributed by atoms with Crippen molar-refractivity contribution < 1.29 is 33.6 Å². The van der Waals surface area contributed by atoms with E-state index in [1.807, 2.05) is 0 Å². The van der Waals surface area contributed by atoms with Crippen LogP contribution in [0.3, 0.4) is 0 Å². The smallest absolute Gasteiger partial charge is 0.312 e. The third-order valence-electron chi connectivity index (χ3n) is 5.96. The van der Waals surface area contributed by atoms with E-state index in [0.717, 1.165) is 0 Å². The average Bonchev–Trinajstić information content (AvgIpc) is 2.83. The highest BCUT2D eigenvalue weighted by Crippen LogP contribution is 2.49. The Balaban J connectivity index is 1.79. The van der Waals surface area contributed by atoms with Crippen molar-refractivity contribution in [2.24, 2.45) is 0 Å². The van der Waals surface area contributed by atoms with E-state index in [4.69, 9.17) is 18.6 Å². The second-order valence-corrected chi connectivity index (χ2v) is 7.85. The van der Waals surface area contributed by atoms with Crippen LogP contribution < -0.4 is 19.6 Å². The maximum atomic E-state index is 13.4. The van der Waals surface area contributed by atoms with Crippen LogP contribution in [0.4, 0.5) is 0 Å². The molecule has 0 amide bonds. The number of benzene rings is 3. The largest absolute Gasteiger partial charge is 0.508 e. The molecule has 4 aromatic rings. The maximum absolute atomic E-state index is 13.4. The van der Waals surface area contributed by atoms with Crippen molar-refractivity contribution in [2.45, 2.75) is 12.3 Å². The summed E-state index contributed by atoms with van der Waals surface area (Å²) >= 11 is 0. The Morgan fingerprint density at radius 1 is 1.00 bits per heavy atom. The van der Waals surface area contributed by atoms with E-state index in [0.29, 0.717) is 28.2 Å². The molecule has 0 fully saturated rings. The highest BCUT2D eigenvalue weighted by molar-refractivity contribution is 5.94. The van der Waals surface area contributed by atoms with Gasteiger partial charge in [-0.3, -0.25) is 9.59 Å². The summed E-state index contributed by atoms with van der Waals surface area (Å²) < 4.78 is 22.3. The molecule has 5 rings (SSSR count). The molecule has 34 heavy (non-hydrogen) atoms. The molecule has 0 spiro atoms. The number of rotatable bonds is 4. The first-order valence-electron chi connectivity index (χ1n) is 10.4. The van der Waals surface area contributed by atoms with Crippen LogP contribution in [0.15, 0.2) is 64.0 Å². The number of phenolic OH excluding ortho intramolecular Hbond substituents is 2. The molecule has 0 unspecified atom stereocenters. The molecule has 1 atom stereocenters. The minimum atomic E-state index is -0.577. The molecule has 2 N–H and O–H groups in total. The topological polar surface area (TPSA) is 115 Å². The summed E-state index contributed by atoms with van der Waals surface area (Å²) in [6, 6.07) is 12.6. The van der Waals surface area contributed by atoms with E-state index >= 15 is 0 Å². The van der Waals surface area contributed by atoms with E-state index in [9.17, 15) is 19.8 Å². The zero-order valence-electron chi connectivity index (χ0n) is 18.3. The van der Waals surface area contributed by atoms with Gasteiger partial charge in [-0.05, 0) is 23.8 Å². The van der Waals surface area contributed by atoms with Crippen LogP contribution in [0.1, 0.15) is 23.5 Å². The summed E-state index contributed by atoms with van der Waals surface area (Å²) in [4.78, 5) is 25.9. The lowest BCUT2D eigenvalue weighted by Crippen LogP contribution is -2.22. The summed E-state index contributed by atoms with van der Waals surface area (Å²) in [7, 11) is 3.02. The van der Waals surface area contributed by atoms with Crippen molar-refractivity contribution in [2.75, 3.05) is 14.2 Å². The summed E-state index contributed by atoms with van der Waals surface area (Å²) in [5.74, 6) is -0.343. The fraction of sp³-hybridized carbons (Fsp3) is 0.154. The Kier molecular flexibility index (Phi) is 5.13. The zero-order chi connectivity index (χ0) is 24.0. The SMILES string of the molecule is COc1cccc([C@@H]2CC(=O)Oc3cc(O)c4c(=O)c(-c5ccc(O)cc5)coc4c32)c1OC. The number of hydrogen-bond donors (Lipinski definition) is 2. The van der Waals surface area contributed by atoms with Gasteiger partial charge in [0.15, 0.2) is 11.5 Å². The first-order chi connectivity index (χ1) is 16.4. The van der Waals surface area contributed by atoms with Gasteiger partial charge in [0, 0.05) is 23.1 Å². The van der Waals surface area contributed by atoms with Gasteiger partial charge >= 0.3 is 5.97 Å². The number of methoxy groups -OCH3 is 2. The number of esters is 1. The molecule has 8 heteroatoms. The van der Waals surface area contributed by atoms with Crippen molar-refractivity contribution in [1.29, 1.82) is 0 Å². The van der Waals surface area contributed by atoms with Crippen LogP contribution in [0.2, 0.25) is 0 Å². The number of para-hydroxylation sites is 1. The molecule has 1 aliphatic heterocycles. The fourth-order valence-corrected chi connectivity index (χ4v) is 4.42. The van der Waals surface area contributed by atoms with Crippen LogP contribution in [-0.4, -0.2) is 30.4 Å². The third kappa shape index (κ3) is 3.31. The number of phenols is 2. The van der Waals surface area contributed by atoms with Crippen molar-refractivity contribution in [3.63, 3.8) is 0 Å². The van der Waals surface area contributed by atoms with Crippen LogP contribution in [-0.2, 0) is 4.79 Å². The summed E-state index contributed by atoms with van der Waals surface area (Å²) in [6.45, 7) is 0. The van der Waals surface area contributed by atoms with Gasteiger partial charge < -0.3 is 28.8 Å². The molecule has 0 bridgehead atoms. The lowest BCUT2D eigenvalue weighted by molar-refractivity contribution is -0.135. The Morgan fingerprint density at radius 2 is 1.76 bits per heavy atom. The van der Waals surface area contributed by atoms with Gasteiger partial charge in [0.1, 0.15) is 34.5 Å². The molecule has 0 aliphatic carbocycles. The van der Waals surface area contributed by atoms with Crippen molar-refractivity contribution in [3.05, 3.63) is 76.1 Å². The van der Waals surface area contributed by atoms with E-state index in [2.05, 4.69) is 0 Å². The summed E-state index contributed by atoms with van der Waals surface area (Å²) in [5, 5.41) is 20.2. The molecule has 172 valence electrons. The normalized spacial score (nSPS) is 15.0. The van der Waals surface area contributed by atoms with Crippen LogP contribution in [0, 0.1) is 0 Å². The van der Waals surface area contributed by atoms with Crippen molar-refractivity contribution in [3.8, 4) is 39.9 Å². The summed E-state index contributed by atoms with van der Waals surface area (Å²) in [6.07, 6.45) is 1.27. The minimum absolute atomic E-state index is 0.0279. The van der Waals surface area contributed by atoms with E-state index in [1.54, 1.807) is 30.3 Å². The van der Waals surface area contributed by atoms with Gasteiger partial charge in [-0.15, -0.1) is 0 Å². The lowest BCUT2D eigenvalue weighted by atomic mass is 9.84. The van der Waals surface area contributed by atoms with Gasteiger partial charge in [-0.25, -0.2) is 0 Å². The van der Waals surface area contributed by atoms with Crippen LogP contribution in [0.5, 0.6) is 28.7 Å². The second kappa shape index (κ2) is 8.15. The molecule has 0 radical (unpaired) electrons. The van der Waals surface area contributed by atoms with E-state index in [-0.39, 0.29) is 40.2 Å². The van der Waals surface area contributed by atoms with Crippen LogP contribution >= 0.6 is 0 Å². The molecule has 8 nitrogen and oxygen atoms in total. The Hall–Kier alpha value is -4.46. The quantitative estimate of drug-likeness (QED) is 0.342. The van der Waals surface area contributed by atoms with Crippen molar-refractivity contribution >= 4 is 16.9 Å². The minimum Gasteiger partial charge on any atom is -0.508 e. The van der Waals surface area contributed by atoms with Gasteiger partial charge in [0.2, 0.25) is 5.43 Å². The number of aromatic hydroxyl groups is 2. The first-order valence-corrected chi connectivity index (χ1v) is 10.4. The molecule has 0 saturated heterocycles. The van der Waals surface area contributed by atoms with Gasteiger partial charge in [0.05, 0.1) is 26.2 Å². The predicted molar refractivity (Wildman–Crippen MR) is 123 cm³/mol. The lowest BCUT2D eigenvalue weighted by Gasteiger charge is -2.27. The van der Waals surface area contributed by atoms with Gasteiger partial charge in [0.25, 0.3) is 0 Å². The molecule has 0 saturated carbocycles. The van der Waals surface area contributed by atoms with E-state index < -0.39 is 17.3 Å². The van der Waals surface area contributed by atoms with E-state index in [1.165, 1.54) is 38.7 Å². The monoisotopic (exact) mass is 460 g/mol. The summed E-state index contributed by atoms with van der Waals surface area (Å²) in [5.41, 5.74) is 1.49. The fourth-order valence-electron chi connectivity index (χ4n) is 4.42. The highest BCUT2D eigenvalue weighted by atomic mass is 16.5. The zero-order valence-corrected chi connectivity index (χ0v) is 18.3. The Morgan fingerprint density at radius 3 is 2.47 bits per heavy atom. The number of carbonyl (C=O) groups excluding carboxylic acids is 1. The number of ether oxygens (including phenoxy) is 3. The number of hydrogen-bond acceptors (Lipinski definition) is 8. The third-order valence-corrected chi connectivity index (χ3v) is 5.96. The number of fused-ring (bicyclic) bond motifs is 3. The molecular formula is C26H20O8. The Bertz CT molecular complexity index is 1480. The second-order valence-electron chi connectivity index (χ2n) is 7.85. The average molecular weight is 460 g/mol. The first kappa shape index (κ1) is 21.4. The maximum Gasteiger partial charge on any atom is 0.312 e. The molecule has 1 aliphatic rings. The molecular weight excluding hydrogens is 440 g/mol. The van der Waals surface area contributed by atoms with Crippen molar-refractivity contribution in [1.82, 2.24) is 0 Å². The molecule has 3 aromatic carbocycles. The van der Waals surface area contributed by atoms with Gasteiger partial charge in [-0.2, -0.15) is 0 Å². The van der Waals surface area contributed by atoms with Crippen LogP contribution in [0.25, 0.3) is 22.1 Å². The number of carbonyl (C=O) groups is 1. The molecule has 1 aromatic heterocycles. The molecule has 2 heterocycles. The highest BCUT2D eigenvalue weighted by Gasteiger charge is 2.35.